The van der Waals surface area contributed by atoms with Crippen LogP contribution in [0.15, 0.2) is 83.8 Å². The highest BCUT2D eigenvalue weighted by Crippen LogP contribution is 2.29. The van der Waals surface area contributed by atoms with E-state index in [-0.39, 0.29) is 10.7 Å². The van der Waals surface area contributed by atoms with Gasteiger partial charge in [-0.2, -0.15) is 4.31 Å². The topological polar surface area (TPSA) is 82.1 Å². The van der Waals surface area contributed by atoms with Gasteiger partial charge in [0, 0.05) is 18.7 Å². The Hall–Kier alpha value is -3.46. The maximum absolute atomic E-state index is 12.7. The van der Waals surface area contributed by atoms with Gasteiger partial charge in [-0.25, -0.2) is 8.42 Å². The maximum Gasteiger partial charge on any atom is 0.243 e. The van der Waals surface area contributed by atoms with Crippen molar-refractivity contribution in [3.8, 4) is 11.5 Å². The SMILES string of the molecule is COc1cc(C=CC(=O)c2ccc(S(=O)(=O)N3CCOCC3)cc2)ccc1OCc1ccccc1. The number of allylic oxidation sites excluding steroid dienone is 1. The lowest BCUT2D eigenvalue weighted by molar-refractivity contribution is 0.0730. The number of carbonyl (C=O) groups is 1. The van der Waals surface area contributed by atoms with Crippen molar-refractivity contribution in [2.24, 2.45) is 0 Å². The fraction of sp³-hybridized carbons (Fsp3) is 0.222. The quantitative estimate of drug-likeness (QED) is 0.328. The Kier molecular flexibility index (Phi) is 7.97. The molecule has 1 fully saturated rings. The molecule has 3 aromatic carbocycles. The van der Waals surface area contributed by atoms with Gasteiger partial charge < -0.3 is 14.2 Å². The fourth-order valence-electron chi connectivity index (χ4n) is 3.64. The molecule has 35 heavy (non-hydrogen) atoms. The molecule has 7 nitrogen and oxygen atoms in total. The van der Waals surface area contributed by atoms with Gasteiger partial charge in [0.1, 0.15) is 6.61 Å². The van der Waals surface area contributed by atoms with Gasteiger partial charge in [-0.3, -0.25) is 4.79 Å². The highest BCUT2D eigenvalue weighted by atomic mass is 32.2. The first-order valence-electron chi connectivity index (χ1n) is 11.2. The molecule has 1 heterocycles. The smallest absolute Gasteiger partial charge is 0.243 e. The van der Waals surface area contributed by atoms with Crippen molar-refractivity contribution < 1.29 is 27.4 Å². The predicted molar refractivity (Wildman–Crippen MR) is 133 cm³/mol. The van der Waals surface area contributed by atoms with Crippen molar-refractivity contribution in [1.29, 1.82) is 0 Å². The zero-order valence-corrected chi connectivity index (χ0v) is 20.2. The van der Waals surface area contributed by atoms with Gasteiger partial charge in [0.2, 0.25) is 10.0 Å². The second kappa shape index (κ2) is 11.3. The third kappa shape index (κ3) is 6.16. The Labute approximate surface area is 205 Å². The van der Waals surface area contributed by atoms with Crippen LogP contribution in [-0.2, 0) is 21.4 Å². The van der Waals surface area contributed by atoms with Crippen LogP contribution in [0.5, 0.6) is 11.5 Å². The number of hydrogen-bond acceptors (Lipinski definition) is 6. The lowest BCUT2D eigenvalue weighted by Gasteiger charge is -2.26. The molecule has 0 aromatic heterocycles. The second-order valence-electron chi connectivity index (χ2n) is 7.92. The number of carbonyl (C=O) groups excluding carboxylic acids is 1. The average Bonchev–Trinajstić information content (AvgIpc) is 2.91. The van der Waals surface area contributed by atoms with Crippen LogP contribution >= 0.6 is 0 Å². The summed E-state index contributed by atoms with van der Waals surface area (Å²) in [5.74, 6) is 0.939. The third-order valence-corrected chi connectivity index (χ3v) is 7.51. The van der Waals surface area contributed by atoms with Crippen LogP contribution in [0, 0.1) is 0 Å². The van der Waals surface area contributed by atoms with Crippen molar-refractivity contribution in [2.75, 3.05) is 33.4 Å². The van der Waals surface area contributed by atoms with Crippen molar-refractivity contribution in [3.05, 3.63) is 95.6 Å². The average molecular weight is 494 g/mol. The first kappa shape index (κ1) is 24.7. The van der Waals surface area contributed by atoms with E-state index in [4.69, 9.17) is 14.2 Å². The molecular formula is C27H27NO6S. The van der Waals surface area contributed by atoms with Gasteiger partial charge in [-0.05, 0) is 53.6 Å². The highest BCUT2D eigenvalue weighted by molar-refractivity contribution is 7.89. The molecule has 1 saturated heterocycles. The van der Waals surface area contributed by atoms with E-state index in [1.807, 2.05) is 36.4 Å². The Morgan fingerprint density at radius 2 is 1.69 bits per heavy atom. The van der Waals surface area contributed by atoms with Crippen molar-refractivity contribution in [1.82, 2.24) is 4.31 Å². The minimum atomic E-state index is -3.60. The molecule has 0 saturated carbocycles. The van der Waals surface area contributed by atoms with Crippen molar-refractivity contribution in [2.45, 2.75) is 11.5 Å². The number of benzene rings is 3. The molecule has 3 aromatic rings. The van der Waals surface area contributed by atoms with Crippen molar-refractivity contribution >= 4 is 21.9 Å². The zero-order valence-electron chi connectivity index (χ0n) is 19.4. The molecule has 0 unspecified atom stereocenters. The molecule has 1 aliphatic heterocycles. The van der Waals surface area contributed by atoms with Gasteiger partial charge in [-0.15, -0.1) is 0 Å². The van der Waals surface area contributed by atoms with Crippen LogP contribution in [0.25, 0.3) is 6.08 Å². The standard InChI is InChI=1S/C27H27NO6S/c1-32-27-19-21(8-14-26(27)34-20-22-5-3-2-4-6-22)7-13-25(29)23-9-11-24(12-10-23)35(30,31)28-15-17-33-18-16-28/h2-14,19H,15-18,20H2,1H3. The summed E-state index contributed by atoms with van der Waals surface area (Å²) in [4.78, 5) is 12.8. The number of sulfonamides is 1. The van der Waals surface area contributed by atoms with E-state index in [9.17, 15) is 13.2 Å². The highest BCUT2D eigenvalue weighted by Gasteiger charge is 2.26. The largest absolute Gasteiger partial charge is 0.493 e. The molecule has 0 spiro atoms. The molecule has 0 atom stereocenters. The van der Waals surface area contributed by atoms with Crippen molar-refractivity contribution in [3.63, 3.8) is 0 Å². The Morgan fingerprint density at radius 3 is 2.37 bits per heavy atom. The van der Waals surface area contributed by atoms with Crippen LogP contribution in [-0.4, -0.2) is 51.9 Å². The van der Waals surface area contributed by atoms with Crippen LogP contribution < -0.4 is 9.47 Å². The Balaban J connectivity index is 1.41. The summed E-state index contributed by atoms with van der Waals surface area (Å²) < 4.78 is 43.4. The minimum absolute atomic E-state index is 0.163. The van der Waals surface area contributed by atoms with Crippen LogP contribution in [0.2, 0.25) is 0 Å². The van der Waals surface area contributed by atoms with E-state index in [0.717, 1.165) is 11.1 Å². The molecule has 0 radical (unpaired) electrons. The normalized spacial score (nSPS) is 14.7. The van der Waals surface area contributed by atoms with E-state index in [1.165, 1.54) is 34.6 Å². The Bertz CT molecular complexity index is 1280. The van der Waals surface area contributed by atoms with Gasteiger partial charge in [-0.1, -0.05) is 42.5 Å². The maximum atomic E-state index is 12.7. The minimum Gasteiger partial charge on any atom is -0.493 e. The van der Waals surface area contributed by atoms with E-state index < -0.39 is 10.0 Å². The molecule has 0 aliphatic carbocycles. The van der Waals surface area contributed by atoms with Gasteiger partial charge in [0.15, 0.2) is 17.3 Å². The molecule has 1 aliphatic rings. The summed E-state index contributed by atoms with van der Waals surface area (Å²) >= 11 is 0. The monoisotopic (exact) mass is 493 g/mol. The second-order valence-corrected chi connectivity index (χ2v) is 9.86. The lowest BCUT2D eigenvalue weighted by atomic mass is 10.1. The number of morpholine rings is 1. The molecule has 0 amide bonds. The molecule has 0 bridgehead atoms. The van der Waals surface area contributed by atoms with Gasteiger partial charge in [0.05, 0.1) is 25.2 Å². The number of methoxy groups -OCH3 is 1. The van der Waals surface area contributed by atoms with E-state index >= 15 is 0 Å². The molecule has 0 N–H and O–H groups in total. The zero-order chi connectivity index (χ0) is 24.7. The predicted octanol–water partition coefficient (Wildman–Crippen LogP) is 4.19. The van der Waals surface area contributed by atoms with Crippen LogP contribution in [0.1, 0.15) is 21.5 Å². The number of ketones is 1. The van der Waals surface area contributed by atoms with E-state index in [2.05, 4.69) is 0 Å². The molecule has 4 rings (SSSR count). The van der Waals surface area contributed by atoms with Gasteiger partial charge in [0.25, 0.3) is 0 Å². The van der Waals surface area contributed by atoms with Gasteiger partial charge >= 0.3 is 0 Å². The fourth-order valence-corrected chi connectivity index (χ4v) is 5.05. The Morgan fingerprint density at radius 1 is 0.971 bits per heavy atom. The number of rotatable bonds is 9. The molecule has 182 valence electrons. The summed E-state index contributed by atoms with van der Waals surface area (Å²) in [6, 6.07) is 21.3. The van der Waals surface area contributed by atoms with Crippen LogP contribution in [0.4, 0.5) is 0 Å². The summed E-state index contributed by atoms with van der Waals surface area (Å²) in [6.45, 7) is 1.83. The molecular weight excluding hydrogens is 466 g/mol. The number of hydrogen-bond donors (Lipinski definition) is 0. The van der Waals surface area contributed by atoms with Crippen LogP contribution in [0.3, 0.4) is 0 Å². The first-order chi connectivity index (χ1) is 17.0. The number of ether oxygens (including phenoxy) is 3. The summed E-state index contributed by atoms with van der Waals surface area (Å²) in [7, 11) is -2.03. The summed E-state index contributed by atoms with van der Waals surface area (Å²) in [6.07, 6.45) is 3.13. The van der Waals surface area contributed by atoms with E-state index in [0.29, 0.717) is 50.0 Å². The van der Waals surface area contributed by atoms with E-state index in [1.54, 1.807) is 25.3 Å². The third-order valence-electron chi connectivity index (χ3n) is 5.60. The molecule has 8 heteroatoms. The lowest BCUT2D eigenvalue weighted by Crippen LogP contribution is -2.40. The number of nitrogens with zero attached hydrogens (tertiary/aromatic N) is 1. The first-order valence-corrected chi connectivity index (χ1v) is 12.7. The summed E-state index contributed by atoms with van der Waals surface area (Å²) in [5.41, 5.74) is 2.22. The summed E-state index contributed by atoms with van der Waals surface area (Å²) in [5, 5.41) is 0.